The summed E-state index contributed by atoms with van der Waals surface area (Å²) in [5, 5.41) is 3.38. The zero-order valence-electron chi connectivity index (χ0n) is 12.3. The average Bonchev–Trinajstić information content (AvgIpc) is 3.09. The molecule has 0 radical (unpaired) electrons. The molecule has 1 saturated heterocycles. The molecule has 4 nitrogen and oxygen atoms in total. The number of nitrogens with one attached hydrogen (secondary N) is 1. The number of guanidine groups is 1. The predicted molar refractivity (Wildman–Crippen MR) is 78.1 cm³/mol. The molecule has 0 atom stereocenters. The van der Waals surface area contributed by atoms with Crippen LogP contribution in [0.2, 0.25) is 0 Å². The molecule has 1 aliphatic heterocycles. The van der Waals surface area contributed by atoms with Crippen LogP contribution in [0.15, 0.2) is 27.8 Å². The van der Waals surface area contributed by atoms with Gasteiger partial charge in [-0.25, -0.2) is 0 Å². The second kappa shape index (κ2) is 6.13. The summed E-state index contributed by atoms with van der Waals surface area (Å²) >= 11 is 0. The van der Waals surface area contributed by atoms with Crippen LogP contribution in [-0.4, -0.2) is 31.0 Å². The van der Waals surface area contributed by atoms with Gasteiger partial charge in [0.25, 0.3) is 0 Å². The average molecular weight is 263 g/mol. The molecule has 1 N–H and O–H groups in total. The first-order valence-corrected chi connectivity index (χ1v) is 7.21. The first kappa shape index (κ1) is 14.0. The van der Waals surface area contributed by atoms with Gasteiger partial charge in [0.15, 0.2) is 5.96 Å². The maximum absolute atomic E-state index is 5.34. The first-order valence-electron chi connectivity index (χ1n) is 7.21. The van der Waals surface area contributed by atoms with Crippen LogP contribution in [0.25, 0.3) is 0 Å². The number of furan rings is 1. The van der Waals surface area contributed by atoms with Crippen molar-refractivity contribution in [2.24, 2.45) is 10.4 Å². The normalized spacial score (nSPS) is 18.9. The Hall–Kier alpha value is -1.45. The maximum atomic E-state index is 5.34. The summed E-state index contributed by atoms with van der Waals surface area (Å²) in [6.45, 7) is 7.50. The third kappa shape index (κ3) is 3.11. The molecule has 1 aromatic heterocycles. The van der Waals surface area contributed by atoms with Gasteiger partial charge in [-0.05, 0) is 36.8 Å². The van der Waals surface area contributed by atoms with E-state index in [4.69, 9.17) is 4.42 Å². The molecule has 1 fully saturated rings. The van der Waals surface area contributed by atoms with Crippen LogP contribution in [0.5, 0.6) is 0 Å². The fourth-order valence-electron chi connectivity index (χ4n) is 2.85. The van der Waals surface area contributed by atoms with Gasteiger partial charge in [0.2, 0.25) is 0 Å². The van der Waals surface area contributed by atoms with Crippen molar-refractivity contribution < 1.29 is 4.42 Å². The van der Waals surface area contributed by atoms with Crippen molar-refractivity contribution >= 4 is 5.96 Å². The quantitative estimate of drug-likeness (QED) is 0.671. The Morgan fingerprint density at radius 1 is 1.47 bits per heavy atom. The summed E-state index contributed by atoms with van der Waals surface area (Å²) in [5.74, 6) is 1.93. The molecule has 2 rings (SSSR count). The molecular formula is C15H25N3O. The molecule has 4 heteroatoms. The molecule has 19 heavy (non-hydrogen) atoms. The largest absolute Gasteiger partial charge is 0.467 e. The minimum Gasteiger partial charge on any atom is -0.467 e. The molecule has 1 aliphatic rings. The van der Waals surface area contributed by atoms with Gasteiger partial charge in [-0.3, -0.25) is 4.99 Å². The number of hydrogen-bond acceptors (Lipinski definition) is 2. The number of rotatable bonds is 4. The summed E-state index contributed by atoms with van der Waals surface area (Å²) < 4.78 is 5.34. The van der Waals surface area contributed by atoms with Crippen molar-refractivity contribution in [1.82, 2.24) is 10.2 Å². The van der Waals surface area contributed by atoms with E-state index in [1.165, 1.54) is 19.3 Å². The van der Waals surface area contributed by atoms with E-state index in [0.29, 0.717) is 12.0 Å². The molecule has 0 amide bonds. The topological polar surface area (TPSA) is 40.8 Å². The zero-order valence-corrected chi connectivity index (χ0v) is 12.3. The highest BCUT2D eigenvalue weighted by Gasteiger charge is 2.36. The highest BCUT2D eigenvalue weighted by atomic mass is 16.3. The lowest BCUT2D eigenvalue weighted by molar-refractivity contribution is 0.276. The van der Waals surface area contributed by atoms with E-state index >= 15 is 0 Å². The van der Waals surface area contributed by atoms with Crippen LogP contribution < -0.4 is 5.32 Å². The number of nitrogens with zero attached hydrogens (tertiary/aromatic N) is 2. The third-order valence-electron chi connectivity index (χ3n) is 4.45. The Morgan fingerprint density at radius 3 is 2.79 bits per heavy atom. The molecule has 0 spiro atoms. The van der Waals surface area contributed by atoms with Crippen LogP contribution in [0, 0.1) is 5.41 Å². The van der Waals surface area contributed by atoms with Gasteiger partial charge in [0.1, 0.15) is 5.76 Å². The Kier molecular flexibility index (Phi) is 4.51. The molecule has 106 valence electrons. The van der Waals surface area contributed by atoms with E-state index in [1.807, 2.05) is 19.2 Å². The smallest absolute Gasteiger partial charge is 0.194 e. The second-order valence-electron chi connectivity index (χ2n) is 5.36. The Labute approximate surface area is 115 Å². The highest BCUT2D eigenvalue weighted by Crippen LogP contribution is 2.36. The highest BCUT2D eigenvalue weighted by molar-refractivity contribution is 5.80. The fourth-order valence-corrected chi connectivity index (χ4v) is 2.85. The van der Waals surface area contributed by atoms with Crippen LogP contribution in [-0.2, 0) is 6.54 Å². The van der Waals surface area contributed by atoms with Crippen LogP contribution in [0.4, 0.5) is 0 Å². The predicted octanol–water partition coefficient (Wildman–Crippen LogP) is 2.87. The lowest BCUT2D eigenvalue weighted by Gasteiger charge is -2.27. The van der Waals surface area contributed by atoms with E-state index < -0.39 is 0 Å². The summed E-state index contributed by atoms with van der Waals surface area (Å²) in [6.07, 6.45) is 5.46. The van der Waals surface area contributed by atoms with E-state index in [1.54, 1.807) is 6.26 Å². The Balaban J connectivity index is 1.92. The van der Waals surface area contributed by atoms with Crippen molar-refractivity contribution in [3.63, 3.8) is 0 Å². The van der Waals surface area contributed by atoms with Gasteiger partial charge in [-0.2, -0.15) is 0 Å². The SMILES string of the molecule is CCC1(CC)CCN(C(=NC)NCc2ccco2)C1. The van der Waals surface area contributed by atoms with E-state index in [2.05, 4.69) is 29.1 Å². The van der Waals surface area contributed by atoms with Gasteiger partial charge in [0.05, 0.1) is 12.8 Å². The van der Waals surface area contributed by atoms with Crippen molar-refractivity contribution in [2.45, 2.75) is 39.7 Å². The molecule has 2 heterocycles. The van der Waals surface area contributed by atoms with Crippen LogP contribution in [0.1, 0.15) is 38.9 Å². The third-order valence-corrected chi connectivity index (χ3v) is 4.45. The lowest BCUT2D eigenvalue weighted by atomic mass is 9.82. The van der Waals surface area contributed by atoms with E-state index in [-0.39, 0.29) is 0 Å². The number of aliphatic imine (C=N–C) groups is 1. The van der Waals surface area contributed by atoms with Crippen LogP contribution in [0.3, 0.4) is 0 Å². The van der Waals surface area contributed by atoms with Crippen molar-refractivity contribution in [1.29, 1.82) is 0 Å². The summed E-state index contributed by atoms with van der Waals surface area (Å²) in [7, 11) is 1.85. The summed E-state index contributed by atoms with van der Waals surface area (Å²) in [4.78, 5) is 6.76. The summed E-state index contributed by atoms with van der Waals surface area (Å²) in [5.41, 5.74) is 0.475. The lowest BCUT2D eigenvalue weighted by Crippen LogP contribution is -2.40. The fraction of sp³-hybridized carbons (Fsp3) is 0.667. The molecule has 0 bridgehead atoms. The first-order chi connectivity index (χ1) is 9.23. The van der Waals surface area contributed by atoms with Gasteiger partial charge in [-0.1, -0.05) is 13.8 Å². The number of likely N-dealkylation sites (tertiary alicyclic amines) is 1. The van der Waals surface area contributed by atoms with Crippen molar-refractivity contribution in [3.8, 4) is 0 Å². The van der Waals surface area contributed by atoms with E-state index in [0.717, 1.165) is 24.8 Å². The Morgan fingerprint density at radius 2 is 2.26 bits per heavy atom. The molecule has 0 saturated carbocycles. The summed E-state index contributed by atoms with van der Waals surface area (Å²) in [6, 6.07) is 3.89. The van der Waals surface area contributed by atoms with E-state index in [9.17, 15) is 0 Å². The Bertz CT molecular complexity index is 407. The van der Waals surface area contributed by atoms with Gasteiger partial charge in [0, 0.05) is 20.1 Å². The monoisotopic (exact) mass is 263 g/mol. The minimum atomic E-state index is 0.475. The van der Waals surface area contributed by atoms with Gasteiger partial charge < -0.3 is 14.6 Å². The molecular weight excluding hydrogens is 238 g/mol. The van der Waals surface area contributed by atoms with Crippen LogP contribution >= 0.6 is 0 Å². The second-order valence-corrected chi connectivity index (χ2v) is 5.36. The molecule has 0 unspecified atom stereocenters. The molecule has 1 aromatic rings. The molecule has 0 aliphatic carbocycles. The van der Waals surface area contributed by atoms with Gasteiger partial charge in [-0.15, -0.1) is 0 Å². The minimum absolute atomic E-state index is 0.475. The number of hydrogen-bond donors (Lipinski definition) is 1. The van der Waals surface area contributed by atoms with Crippen molar-refractivity contribution in [3.05, 3.63) is 24.2 Å². The van der Waals surface area contributed by atoms with Crippen molar-refractivity contribution in [2.75, 3.05) is 20.1 Å². The standard InChI is InChI=1S/C15H25N3O/c1-4-15(5-2)8-9-18(12-15)14(16-3)17-11-13-7-6-10-19-13/h6-7,10H,4-5,8-9,11-12H2,1-3H3,(H,16,17). The van der Waals surface area contributed by atoms with Gasteiger partial charge >= 0.3 is 0 Å². The zero-order chi connectivity index (χ0) is 13.7. The maximum Gasteiger partial charge on any atom is 0.194 e. The molecule has 0 aromatic carbocycles.